The first kappa shape index (κ1) is 11.4. The van der Waals surface area contributed by atoms with Gasteiger partial charge in [-0.3, -0.25) is 4.79 Å². The van der Waals surface area contributed by atoms with Crippen LogP contribution >= 0.6 is 11.8 Å². The zero-order valence-electron chi connectivity index (χ0n) is 9.19. The average Bonchev–Trinajstić information content (AvgIpc) is 2.41. The first-order valence-electron chi connectivity index (χ1n) is 5.31. The number of hydrogen-bond acceptors (Lipinski definition) is 4. The summed E-state index contributed by atoms with van der Waals surface area (Å²) in [6.45, 7) is 1.82. The molecule has 0 radical (unpaired) electrons. The summed E-state index contributed by atoms with van der Waals surface area (Å²) in [5, 5.41) is 8.86. The lowest BCUT2D eigenvalue weighted by Crippen LogP contribution is -2.12. The zero-order valence-corrected chi connectivity index (χ0v) is 10.0. The number of carboxylic acid groups (broad SMARTS) is 1. The van der Waals surface area contributed by atoms with Crippen LogP contribution < -0.4 is 0 Å². The van der Waals surface area contributed by atoms with Crippen LogP contribution in [-0.2, 0) is 24.1 Å². The molecule has 86 valence electrons. The third-order valence-corrected chi connectivity index (χ3v) is 3.57. The predicted octanol–water partition coefficient (Wildman–Crippen LogP) is 1.24. The summed E-state index contributed by atoms with van der Waals surface area (Å²) in [5.41, 5.74) is 2.82. The zero-order chi connectivity index (χ0) is 11.5. The molecular weight excluding hydrogens is 224 g/mol. The Labute approximate surface area is 98.5 Å². The predicted molar refractivity (Wildman–Crippen MR) is 62.8 cm³/mol. The van der Waals surface area contributed by atoms with Gasteiger partial charge in [0.25, 0.3) is 0 Å². The Kier molecular flexibility index (Phi) is 3.43. The van der Waals surface area contributed by atoms with E-state index in [4.69, 9.17) is 5.11 Å². The van der Waals surface area contributed by atoms with Crippen molar-refractivity contribution in [1.82, 2.24) is 9.97 Å². The number of thioether (sulfide) groups is 1. The van der Waals surface area contributed by atoms with Crippen molar-refractivity contribution in [2.45, 2.75) is 26.2 Å². The number of carboxylic acids is 1. The van der Waals surface area contributed by atoms with Gasteiger partial charge in [0.1, 0.15) is 5.82 Å². The standard InChI is InChI=1S/C11H14N2O2S/c1-7-12-9-3-5-16-4-2-8(9)10(13-7)6-11(14)15/h2-6H2,1H3,(H,14,15). The van der Waals surface area contributed by atoms with Crippen molar-refractivity contribution in [3.63, 3.8) is 0 Å². The van der Waals surface area contributed by atoms with Crippen molar-refractivity contribution in [2.24, 2.45) is 0 Å². The molecular formula is C11H14N2O2S. The van der Waals surface area contributed by atoms with Crippen LogP contribution in [0.25, 0.3) is 0 Å². The van der Waals surface area contributed by atoms with Crippen LogP contribution in [0.1, 0.15) is 22.8 Å². The fourth-order valence-electron chi connectivity index (χ4n) is 1.95. The Hall–Kier alpha value is -1.10. The molecule has 0 aromatic carbocycles. The maximum Gasteiger partial charge on any atom is 0.309 e. The maximum atomic E-state index is 10.8. The minimum atomic E-state index is -0.822. The first-order chi connectivity index (χ1) is 7.66. The molecule has 0 bridgehead atoms. The van der Waals surface area contributed by atoms with E-state index in [2.05, 4.69) is 9.97 Å². The highest BCUT2D eigenvalue weighted by atomic mass is 32.2. The van der Waals surface area contributed by atoms with Crippen LogP contribution in [-0.4, -0.2) is 32.5 Å². The molecule has 1 aliphatic rings. The Morgan fingerprint density at radius 3 is 2.88 bits per heavy atom. The number of aryl methyl sites for hydroxylation is 2. The molecule has 0 unspecified atom stereocenters. The molecule has 0 aliphatic carbocycles. The molecule has 1 aliphatic heterocycles. The number of rotatable bonds is 2. The lowest BCUT2D eigenvalue weighted by molar-refractivity contribution is -0.136. The monoisotopic (exact) mass is 238 g/mol. The topological polar surface area (TPSA) is 63.1 Å². The van der Waals surface area contributed by atoms with E-state index in [9.17, 15) is 4.79 Å². The molecule has 4 nitrogen and oxygen atoms in total. The molecule has 2 rings (SSSR count). The summed E-state index contributed by atoms with van der Waals surface area (Å²) < 4.78 is 0. The van der Waals surface area contributed by atoms with Crippen LogP contribution in [0.2, 0.25) is 0 Å². The highest BCUT2D eigenvalue weighted by Crippen LogP contribution is 2.21. The molecule has 2 heterocycles. The van der Waals surface area contributed by atoms with Gasteiger partial charge < -0.3 is 5.11 Å². The van der Waals surface area contributed by atoms with Crippen molar-refractivity contribution >= 4 is 17.7 Å². The summed E-state index contributed by atoms with van der Waals surface area (Å²) in [6, 6.07) is 0. The first-order valence-corrected chi connectivity index (χ1v) is 6.47. The van der Waals surface area contributed by atoms with Crippen molar-refractivity contribution in [2.75, 3.05) is 11.5 Å². The fraction of sp³-hybridized carbons (Fsp3) is 0.545. The quantitative estimate of drug-likeness (QED) is 0.840. The highest BCUT2D eigenvalue weighted by Gasteiger charge is 2.17. The lowest BCUT2D eigenvalue weighted by Gasteiger charge is -2.10. The van der Waals surface area contributed by atoms with Gasteiger partial charge in [-0.2, -0.15) is 11.8 Å². The van der Waals surface area contributed by atoms with Gasteiger partial charge in [-0.15, -0.1) is 0 Å². The molecule has 16 heavy (non-hydrogen) atoms. The van der Waals surface area contributed by atoms with E-state index in [1.54, 1.807) is 0 Å². The third-order valence-electron chi connectivity index (χ3n) is 2.59. The van der Waals surface area contributed by atoms with E-state index in [1.807, 2.05) is 18.7 Å². The molecule has 0 spiro atoms. The van der Waals surface area contributed by atoms with Crippen LogP contribution in [0, 0.1) is 6.92 Å². The average molecular weight is 238 g/mol. The maximum absolute atomic E-state index is 10.8. The summed E-state index contributed by atoms with van der Waals surface area (Å²) >= 11 is 1.89. The van der Waals surface area contributed by atoms with Gasteiger partial charge in [0.05, 0.1) is 12.1 Å². The third kappa shape index (κ3) is 2.52. The minimum Gasteiger partial charge on any atom is -0.481 e. The van der Waals surface area contributed by atoms with E-state index < -0.39 is 5.97 Å². The molecule has 1 aromatic rings. The molecule has 0 saturated carbocycles. The summed E-state index contributed by atoms with van der Waals surface area (Å²) in [7, 11) is 0. The van der Waals surface area contributed by atoms with Crippen molar-refractivity contribution in [3.05, 3.63) is 22.8 Å². The number of nitrogens with zero attached hydrogens (tertiary/aromatic N) is 2. The van der Waals surface area contributed by atoms with Gasteiger partial charge in [-0.25, -0.2) is 9.97 Å². The van der Waals surface area contributed by atoms with Crippen molar-refractivity contribution in [1.29, 1.82) is 0 Å². The Morgan fingerprint density at radius 2 is 2.12 bits per heavy atom. The smallest absolute Gasteiger partial charge is 0.309 e. The van der Waals surface area contributed by atoms with E-state index >= 15 is 0 Å². The number of aliphatic carboxylic acids is 1. The second-order valence-corrected chi connectivity index (χ2v) is 5.05. The highest BCUT2D eigenvalue weighted by molar-refractivity contribution is 7.99. The molecule has 1 N–H and O–H groups in total. The van der Waals surface area contributed by atoms with Gasteiger partial charge in [0.2, 0.25) is 0 Å². The van der Waals surface area contributed by atoms with Crippen LogP contribution in [0.3, 0.4) is 0 Å². The number of carbonyl (C=O) groups is 1. The van der Waals surface area contributed by atoms with E-state index in [0.29, 0.717) is 11.5 Å². The van der Waals surface area contributed by atoms with Gasteiger partial charge >= 0.3 is 5.97 Å². The Balaban J connectivity index is 2.42. The SMILES string of the molecule is Cc1nc2c(c(CC(=O)O)n1)CCSCC2. The van der Waals surface area contributed by atoms with Gasteiger partial charge in [0, 0.05) is 5.69 Å². The largest absolute Gasteiger partial charge is 0.481 e. The minimum absolute atomic E-state index is 0.0103. The molecule has 0 fully saturated rings. The van der Waals surface area contributed by atoms with E-state index in [0.717, 1.165) is 35.6 Å². The molecule has 1 aromatic heterocycles. The van der Waals surface area contributed by atoms with E-state index in [-0.39, 0.29) is 6.42 Å². The van der Waals surface area contributed by atoms with Gasteiger partial charge in [0.15, 0.2) is 0 Å². The Morgan fingerprint density at radius 1 is 1.38 bits per heavy atom. The second kappa shape index (κ2) is 4.82. The van der Waals surface area contributed by atoms with Crippen LogP contribution in [0.4, 0.5) is 0 Å². The molecule has 5 heteroatoms. The Bertz CT molecular complexity index is 421. The van der Waals surface area contributed by atoms with Crippen molar-refractivity contribution in [3.8, 4) is 0 Å². The number of aromatic nitrogens is 2. The summed E-state index contributed by atoms with van der Waals surface area (Å²) in [4.78, 5) is 19.5. The lowest BCUT2D eigenvalue weighted by atomic mass is 10.0. The van der Waals surface area contributed by atoms with Gasteiger partial charge in [-0.05, 0) is 36.8 Å². The van der Waals surface area contributed by atoms with E-state index in [1.165, 1.54) is 0 Å². The van der Waals surface area contributed by atoms with Crippen molar-refractivity contribution < 1.29 is 9.90 Å². The molecule has 0 amide bonds. The second-order valence-electron chi connectivity index (χ2n) is 3.83. The molecule has 0 atom stereocenters. The van der Waals surface area contributed by atoms with Crippen LogP contribution in [0.15, 0.2) is 0 Å². The fourth-order valence-corrected chi connectivity index (χ4v) is 2.84. The summed E-state index contributed by atoms with van der Waals surface area (Å²) in [5.74, 6) is 1.96. The number of fused-ring (bicyclic) bond motifs is 1. The van der Waals surface area contributed by atoms with Gasteiger partial charge in [-0.1, -0.05) is 0 Å². The molecule has 0 saturated heterocycles. The number of hydrogen-bond donors (Lipinski definition) is 1. The normalized spacial score (nSPS) is 15.3. The summed E-state index contributed by atoms with van der Waals surface area (Å²) in [6.07, 6.45) is 1.83. The van der Waals surface area contributed by atoms with Crippen LogP contribution in [0.5, 0.6) is 0 Å².